The Labute approximate surface area is 129 Å². The highest BCUT2D eigenvalue weighted by Gasteiger charge is 2.33. The summed E-state index contributed by atoms with van der Waals surface area (Å²) < 4.78 is 11.8. The zero-order chi connectivity index (χ0) is 15.3. The molecule has 2 nitrogen and oxygen atoms in total. The molecule has 1 atom stereocenters. The highest BCUT2D eigenvalue weighted by Crippen LogP contribution is 2.33. The molecule has 1 aliphatic carbocycles. The van der Waals surface area contributed by atoms with Crippen LogP contribution in [0.25, 0.3) is 0 Å². The van der Waals surface area contributed by atoms with Crippen LogP contribution in [0, 0.1) is 11.8 Å². The van der Waals surface area contributed by atoms with Gasteiger partial charge in [0.05, 0.1) is 0 Å². The third kappa shape index (κ3) is 4.47. The van der Waals surface area contributed by atoms with E-state index < -0.39 is 0 Å². The molecular weight excluding hydrogens is 260 g/mol. The lowest BCUT2D eigenvalue weighted by Crippen LogP contribution is -2.37. The van der Waals surface area contributed by atoms with Gasteiger partial charge in [-0.25, -0.2) is 0 Å². The lowest BCUT2D eigenvalue weighted by atomic mass is 9.84. The third-order valence-corrected chi connectivity index (χ3v) is 4.93. The smallest absolute Gasteiger partial charge is 0.119 e. The van der Waals surface area contributed by atoms with Crippen molar-refractivity contribution in [2.75, 3.05) is 13.2 Å². The molecule has 0 N–H and O–H groups in total. The lowest BCUT2D eigenvalue weighted by molar-refractivity contribution is -0.0575. The van der Waals surface area contributed by atoms with Crippen LogP contribution in [0.3, 0.4) is 0 Å². The van der Waals surface area contributed by atoms with Gasteiger partial charge < -0.3 is 9.47 Å². The minimum Gasteiger partial charge on any atom is -0.488 e. The van der Waals surface area contributed by atoms with Crippen molar-refractivity contribution in [3.63, 3.8) is 0 Å². The van der Waals surface area contributed by atoms with E-state index in [4.69, 9.17) is 9.47 Å². The van der Waals surface area contributed by atoms with Crippen molar-refractivity contribution in [3.05, 3.63) is 35.6 Å². The van der Waals surface area contributed by atoms with Gasteiger partial charge in [-0.1, -0.05) is 31.6 Å². The predicted molar refractivity (Wildman–Crippen MR) is 88.1 cm³/mol. The van der Waals surface area contributed by atoms with Crippen LogP contribution in [0.2, 0.25) is 0 Å². The van der Waals surface area contributed by atoms with Crippen LogP contribution in [-0.4, -0.2) is 18.8 Å². The molecule has 118 valence electrons. The van der Waals surface area contributed by atoms with Crippen molar-refractivity contribution in [1.29, 1.82) is 0 Å². The van der Waals surface area contributed by atoms with Crippen LogP contribution in [-0.2, 0) is 9.47 Å². The molecule has 0 amide bonds. The van der Waals surface area contributed by atoms with Crippen LogP contribution in [0.5, 0.6) is 0 Å². The number of ether oxygens (including phenoxy) is 2. The zero-order valence-electron chi connectivity index (χ0n) is 14.0. The minimum absolute atomic E-state index is 0.130. The molecule has 1 aliphatic heterocycles. The largest absolute Gasteiger partial charge is 0.488 e. The van der Waals surface area contributed by atoms with Crippen molar-refractivity contribution in [2.45, 2.75) is 59.0 Å². The van der Waals surface area contributed by atoms with E-state index in [0.717, 1.165) is 38.2 Å². The van der Waals surface area contributed by atoms with Gasteiger partial charge in [0.25, 0.3) is 0 Å². The Bertz CT molecular complexity index is 423. The minimum atomic E-state index is -0.130. The van der Waals surface area contributed by atoms with Crippen LogP contribution >= 0.6 is 0 Å². The average Bonchev–Trinajstić information content (AvgIpc) is 2.72. The molecule has 2 heteroatoms. The highest BCUT2D eigenvalue weighted by molar-refractivity contribution is 5.29. The second kappa shape index (κ2) is 7.31. The maximum absolute atomic E-state index is 6.33. The van der Waals surface area contributed by atoms with Crippen LogP contribution in [0.4, 0.5) is 0 Å². The normalized spacial score (nSPS) is 22.3. The molecule has 0 radical (unpaired) electrons. The first-order chi connectivity index (χ1) is 10.0. The van der Waals surface area contributed by atoms with E-state index in [0.29, 0.717) is 11.8 Å². The first-order valence-corrected chi connectivity index (χ1v) is 8.37. The van der Waals surface area contributed by atoms with E-state index in [1.165, 1.54) is 12.0 Å². The van der Waals surface area contributed by atoms with Gasteiger partial charge in [-0.2, -0.15) is 0 Å². The van der Waals surface area contributed by atoms with Gasteiger partial charge in [0, 0.05) is 19.1 Å². The third-order valence-electron chi connectivity index (χ3n) is 4.93. The first-order valence-electron chi connectivity index (χ1n) is 8.37. The number of rotatable bonds is 5. The monoisotopic (exact) mass is 290 g/mol. The molecule has 2 aliphatic rings. The molecule has 1 saturated heterocycles. The summed E-state index contributed by atoms with van der Waals surface area (Å²) in [6.07, 6.45) is 13.2. The highest BCUT2D eigenvalue weighted by atomic mass is 16.5. The Morgan fingerprint density at radius 1 is 1.29 bits per heavy atom. The van der Waals surface area contributed by atoms with Gasteiger partial charge >= 0.3 is 0 Å². The molecule has 0 aromatic rings. The fourth-order valence-electron chi connectivity index (χ4n) is 3.10. The van der Waals surface area contributed by atoms with Gasteiger partial charge in [-0.3, -0.25) is 0 Å². The molecule has 0 aromatic carbocycles. The van der Waals surface area contributed by atoms with Gasteiger partial charge in [0.2, 0.25) is 0 Å². The second-order valence-corrected chi connectivity index (χ2v) is 6.82. The standard InChI is InChI=1S/C19H30O2/c1-5-15(2)16-7-6-8-18(10-9-16)21-19(3,4)17-11-13-20-14-12-17/h6,8-10,15,17H,5,7,11-14H2,1-4H3. The predicted octanol–water partition coefficient (Wildman–Crippen LogP) is 5.02. The number of hydrogen-bond donors (Lipinski definition) is 0. The average molecular weight is 290 g/mol. The summed E-state index contributed by atoms with van der Waals surface area (Å²) in [5.41, 5.74) is 1.37. The fraction of sp³-hybridized carbons (Fsp3) is 0.684. The summed E-state index contributed by atoms with van der Waals surface area (Å²) >= 11 is 0. The van der Waals surface area contributed by atoms with E-state index in [2.05, 4.69) is 52.0 Å². The topological polar surface area (TPSA) is 18.5 Å². The number of allylic oxidation sites excluding steroid dienone is 5. The molecule has 1 heterocycles. The summed E-state index contributed by atoms with van der Waals surface area (Å²) in [5, 5.41) is 0. The molecule has 1 fully saturated rings. The van der Waals surface area contributed by atoms with Gasteiger partial charge in [-0.15, -0.1) is 0 Å². The molecule has 21 heavy (non-hydrogen) atoms. The Kier molecular flexibility index (Phi) is 5.69. The molecular formula is C19H30O2. The first kappa shape index (κ1) is 16.4. The van der Waals surface area contributed by atoms with Crippen molar-refractivity contribution in [1.82, 2.24) is 0 Å². The van der Waals surface area contributed by atoms with E-state index in [9.17, 15) is 0 Å². The summed E-state index contributed by atoms with van der Waals surface area (Å²) in [4.78, 5) is 0. The molecule has 2 rings (SSSR count). The van der Waals surface area contributed by atoms with Crippen molar-refractivity contribution in [2.24, 2.45) is 11.8 Å². The van der Waals surface area contributed by atoms with E-state index in [1.807, 2.05) is 0 Å². The molecule has 0 saturated carbocycles. The summed E-state index contributed by atoms with van der Waals surface area (Å²) in [5.74, 6) is 2.21. The quantitative estimate of drug-likeness (QED) is 0.707. The van der Waals surface area contributed by atoms with Crippen molar-refractivity contribution >= 4 is 0 Å². The Morgan fingerprint density at radius 3 is 2.67 bits per heavy atom. The molecule has 0 spiro atoms. The maximum atomic E-state index is 6.33. The van der Waals surface area contributed by atoms with Gasteiger partial charge in [-0.05, 0) is 57.6 Å². The Hall–Kier alpha value is -1.02. The molecule has 0 bridgehead atoms. The van der Waals surface area contributed by atoms with Crippen LogP contribution in [0.1, 0.15) is 53.4 Å². The maximum Gasteiger partial charge on any atom is 0.119 e. The SMILES string of the molecule is CCC(C)C1=CC=C(OC(C)(C)C2CCOCC2)C=CC1. The molecule has 1 unspecified atom stereocenters. The van der Waals surface area contributed by atoms with E-state index in [1.54, 1.807) is 0 Å². The Balaban J connectivity index is 2.04. The van der Waals surface area contributed by atoms with Gasteiger partial charge in [0.15, 0.2) is 0 Å². The second-order valence-electron chi connectivity index (χ2n) is 6.82. The summed E-state index contributed by atoms with van der Waals surface area (Å²) in [7, 11) is 0. The summed E-state index contributed by atoms with van der Waals surface area (Å²) in [6, 6.07) is 0. The molecule has 0 aromatic heterocycles. The van der Waals surface area contributed by atoms with Crippen LogP contribution < -0.4 is 0 Å². The Morgan fingerprint density at radius 2 is 2.00 bits per heavy atom. The number of hydrogen-bond acceptors (Lipinski definition) is 2. The van der Waals surface area contributed by atoms with E-state index in [-0.39, 0.29) is 5.60 Å². The van der Waals surface area contributed by atoms with Gasteiger partial charge in [0.1, 0.15) is 11.4 Å². The zero-order valence-corrected chi connectivity index (χ0v) is 14.0. The summed E-state index contributed by atoms with van der Waals surface area (Å²) in [6.45, 7) is 10.7. The fourth-order valence-corrected chi connectivity index (χ4v) is 3.10. The van der Waals surface area contributed by atoms with E-state index >= 15 is 0 Å². The lowest BCUT2D eigenvalue weighted by Gasteiger charge is -2.37. The van der Waals surface area contributed by atoms with Crippen LogP contribution in [0.15, 0.2) is 35.6 Å². The van der Waals surface area contributed by atoms with Crippen molar-refractivity contribution in [3.8, 4) is 0 Å². The van der Waals surface area contributed by atoms with Crippen molar-refractivity contribution < 1.29 is 9.47 Å².